The van der Waals surface area contributed by atoms with Crippen molar-refractivity contribution in [1.82, 2.24) is 9.97 Å². The van der Waals surface area contributed by atoms with Crippen molar-refractivity contribution < 1.29 is 0 Å². The largest absolute Gasteiger partial charge is 0.370 e. The summed E-state index contributed by atoms with van der Waals surface area (Å²) in [5.41, 5.74) is 1.09. The zero-order valence-corrected chi connectivity index (χ0v) is 13.1. The molecule has 0 atom stereocenters. The summed E-state index contributed by atoms with van der Waals surface area (Å²) in [5.74, 6) is 1.73. The number of nitrogens with one attached hydrogen (secondary N) is 1. The minimum atomic E-state index is 0.0220. The second kappa shape index (κ2) is 5.29. The second-order valence-electron chi connectivity index (χ2n) is 5.65. The van der Waals surface area contributed by atoms with Crippen molar-refractivity contribution in [2.24, 2.45) is 0 Å². The molecule has 1 N–H and O–H groups in total. The summed E-state index contributed by atoms with van der Waals surface area (Å²) >= 11 is 1.73. The van der Waals surface area contributed by atoms with Gasteiger partial charge in [0.2, 0.25) is 0 Å². The quantitative estimate of drug-likeness (QED) is 0.910. The van der Waals surface area contributed by atoms with Crippen molar-refractivity contribution in [2.75, 3.05) is 11.9 Å². The van der Waals surface area contributed by atoms with Crippen LogP contribution in [0.2, 0.25) is 0 Å². The van der Waals surface area contributed by atoms with Crippen molar-refractivity contribution in [2.45, 2.75) is 40.0 Å². The predicted octanol–water partition coefficient (Wildman–Crippen LogP) is 4.24. The van der Waals surface area contributed by atoms with Gasteiger partial charge in [0, 0.05) is 22.9 Å². The molecule has 0 unspecified atom stereocenters. The van der Waals surface area contributed by atoms with Crippen LogP contribution in [0.1, 0.15) is 38.3 Å². The SMILES string of the molecule is CCNc1cc(C(C)(C)C)nc(-c2ccc(C)s2)n1. The van der Waals surface area contributed by atoms with Crippen molar-refractivity contribution in [1.29, 1.82) is 0 Å². The fraction of sp³-hybridized carbons (Fsp3) is 0.467. The summed E-state index contributed by atoms with van der Waals surface area (Å²) in [6.45, 7) is 11.6. The Kier molecular flexibility index (Phi) is 3.90. The Labute approximate surface area is 119 Å². The van der Waals surface area contributed by atoms with E-state index in [-0.39, 0.29) is 5.41 Å². The highest BCUT2D eigenvalue weighted by Gasteiger charge is 2.18. The Hall–Kier alpha value is -1.42. The lowest BCUT2D eigenvalue weighted by Crippen LogP contribution is -2.15. The van der Waals surface area contributed by atoms with Gasteiger partial charge in [-0.05, 0) is 26.0 Å². The van der Waals surface area contributed by atoms with Gasteiger partial charge in [0.15, 0.2) is 5.82 Å². The van der Waals surface area contributed by atoms with Crippen LogP contribution in [0, 0.1) is 6.92 Å². The highest BCUT2D eigenvalue weighted by atomic mass is 32.1. The van der Waals surface area contributed by atoms with Gasteiger partial charge in [-0.3, -0.25) is 0 Å². The normalized spacial score (nSPS) is 11.6. The summed E-state index contributed by atoms with van der Waals surface area (Å²) in [6, 6.07) is 6.25. The third kappa shape index (κ3) is 3.32. The number of anilines is 1. The Morgan fingerprint density at radius 2 is 1.95 bits per heavy atom. The zero-order chi connectivity index (χ0) is 14.0. The molecule has 0 fully saturated rings. The van der Waals surface area contributed by atoms with Crippen molar-refractivity contribution in [3.05, 3.63) is 28.8 Å². The first kappa shape index (κ1) is 14.0. The molecule has 3 nitrogen and oxygen atoms in total. The number of hydrogen-bond acceptors (Lipinski definition) is 4. The Morgan fingerprint density at radius 1 is 1.21 bits per heavy atom. The molecule has 0 saturated heterocycles. The van der Waals surface area contributed by atoms with E-state index < -0.39 is 0 Å². The topological polar surface area (TPSA) is 37.8 Å². The average molecular weight is 275 g/mol. The molecule has 0 radical (unpaired) electrons. The van der Waals surface area contributed by atoms with Gasteiger partial charge in [0.05, 0.1) is 10.6 Å². The minimum Gasteiger partial charge on any atom is -0.370 e. The van der Waals surface area contributed by atoms with E-state index in [4.69, 9.17) is 4.98 Å². The number of rotatable bonds is 3. The maximum atomic E-state index is 4.73. The van der Waals surface area contributed by atoms with E-state index >= 15 is 0 Å². The lowest BCUT2D eigenvalue weighted by atomic mass is 9.92. The molecule has 0 saturated carbocycles. The van der Waals surface area contributed by atoms with Gasteiger partial charge >= 0.3 is 0 Å². The van der Waals surface area contributed by atoms with E-state index in [1.165, 1.54) is 4.88 Å². The molecule has 0 bridgehead atoms. The van der Waals surface area contributed by atoms with Gasteiger partial charge in [0.1, 0.15) is 5.82 Å². The van der Waals surface area contributed by atoms with Crippen LogP contribution in [0.25, 0.3) is 10.7 Å². The van der Waals surface area contributed by atoms with E-state index in [0.29, 0.717) is 0 Å². The van der Waals surface area contributed by atoms with Gasteiger partial charge in [-0.15, -0.1) is 11.3 Å². The molecule has 2 heterocycles. The monoisotopic (exact) mass is 275 g/mol. The van der Waals surface area contributed by atoms with E-state index in [2.05, 4.69) is 57.1 Å². The van der Waals surface area contributed by atoms with Gasteiger partial charge in [0.25, 0.3) is 0 Å². The Morgan fingerprint density at radius 3 is 2.47 bits per heavy atom. The van der Waals surface area contributed by atoms with E-state index in [1.54, 1.807) is 11.3 Å². The maximum absolute atomic E-state index is 4.73. The molecule has 2 rings (SSSR count). The molecule has 102 valence electrons. The van der Waals surface area contributed by atoms with Crippen LogP contribution in [-0.2, 0) is 5.41 Å². The molecular weight excluding hydrogens is 254 g/mol. The first-order chi connectivity index (χ1) is 8.90. The van der Waals surface area contributed by atoms with Crippen LogP contribution in [0.4, 0.5) is 5.82 Å². The smallest absolute Gasteiger partial charge is 0.171 e. The highest BCUT2D eigenvalue weighted by Crippen LogP contribution is 2.29. The predicted molar refractivity (Wildman–Crippen MR) is 82.9 cm³/mol. The standard InChI is InChI=1S/C15H21N3S/c1-6-16-13-9-12(15(3,4)5)17-14(18-13)11-8-7-10(2)19-11/h7-9H,6H2,1-5H3,(H,16,17,18). The van der Waals surface area contributed by atoms with Crippen LogP contribution in [-0.4, -0.2) is 16.5 Å². The van der Waals surface area contributed by atoms with Crippen LogP contribution in [0.5, 0.6) is 0 Å². The fourth-order valence-electron chi connectivity index (χ4n) is 1.77. The maximum Gasteiger partial charge on any atom is 0.171 e. The van der Waals surface area contributed by atoms with Crippen LogP contribution in [0.15, 0.2) is 18.2 Å². The number of aryl methyl sites for hydroxylation is 1. The first-order valence-electron chi connectivity index (χ1n) is 6.60. The molecule has 0 aromatic carbocycles. The molecule has 0 aliphatic heterocycles. The van der Waals surface area contributed by atoms with Crippen molar-refractivity contribution in [3.8, 4) is 10.7 Å². The summed E-state index contributed by atoms with van der Waals surface area (Å²) in [4.78, 5) is 11.7. The minimum absolute atomic E-state index is 0.0220. The van der Waals surface area contributed by atoms with Gasteiger partial charge in [-0.1, -0.05) is 20.8 Å². The zero-order valence-electron chi connectivity index (χ0n) is 12.2. The number of aromatic nitrogens is 2. The lowest BCUT2D eigenvalue weighted by molar-refractivity contribution is 0.568. The number of nitrogens with zero attached hydrogens (tertiary/aromatic N) is 2. The summed E-state index contributed by atoms with van der Waals surface area (Å²) in [7, 11) is 0. The fourth-order valence-corrected chi connectivity index (χ4v) is 2.57. The summed E-state index contributed by atoms with van der Waals surface area (Å²) in [5, 5.41) is 3.29. The third-order valence-electron chi connectivity index (χ3n) is 2.81. The molecule has 4 heteroatoms. The van der Waals surface area contributed by atoms with Crippen molar-refractivity contribution >= 4 is 17.2 Å². The molecule has 0 aliphatic rings. The molecular formula is C15H21N3S. The van der Waals surface area contributed by atoms with E-state index in [0.717, 1.165) is 28.8 Å². The second-order valence-corrected chi connectivity index (χ2v) is 6.94. The molecule has 0 amide bonds. The van der Waals surface area contributed by atoms with Crippen LogP contribution in [0.3, 0.4) is 0 Å². The highest BCUT2D eigenvalue weighted by molar-refractivity contribution is 7.15. The molecule has 2 aromatic heterocycles. The third-order valence-corrected chi connectivity index (χ3v) is 3.81. The molecule has 2 aromatic rings. The van der Waals surface area contributed by atoms with Crippen molar-refractivity contribution in [3.63, 3.8) is 0 Å². The lowest BCUT2D eigenvalue weighted by Gasteiger charge is -2.19. The Bertz CT molecular complexity index is 567. The summed E-state index contributed by atoms with van der Waals surface area (Å²) < 4.78 is 0. The molecule has 0 aliphatic carbocycles. The average Bonchev–Trinajstić information content (AvgIpc) is 2.75. The van der Waals surface area contributed by atoms with Crippen LogP contribution >= 0.6 is 11.3 Å². The van der Waals surface area contributed by atoms with E-state index in [9.17, 15) is 0 Å². The molecule has 0 spiro atoms. The van der Waals surface area contributed by atoms with Crippen LogP contribution < -0.4 is 5.32 Å². The van der Waals surface area contributed by atoms with Gasteiger partial charge in [-0.2, -0.15) is 0 Å². The number of hydrogen-bond donors (Lipinski definition) is 1. The Balaban J connectivity index is 2.51. The van der Waals surface area contributed by atoms with Gasteiger partial charge in [-0.25, -0.2) is 9.97 Å². The van der Waals surface area contributed by atoms with Gasteiger partial charge < -0.3 is 5.32 Å². The summed E-state index contributed by atoms with van der Waals surface area (Å²) in [6.07, 6.45) is 0. The molecule has 19 heavy (non-hydrogen) atoms. The number of thiophene rings is 1. The van der Waals surface area contributed by atoms with E-state index in [1.807, 2.05) is 6.07 Å². The first-order valence-corrected chi connectivity index (χ1v) is 7.42.